The van der Waals surface area contributed by atoms with E-state index in [1.807, 2.05) is 16.7 Å². The first-order chi connectivity index (χ1) is 18.4. The lowest BCUT2D eigenvalue weighted by atomic mass is 9.88. The van der Waals surface area contributed by atoms with Crippen LogP contribution in [-0.2, 0) is 15.8 Å². The molecule has 5 rings (SSSR count). The van der Waals surface area contributed by atoms with E-state index in [4.69, 9.17) is 0 Å². The molecule has 0 spiro atoms. The predicted molar refractivity (Wildman–Crippen MR) is 138 cm³/mol. The fourth-order valence-electron chi connectivity index (χ4n) is 5.92. The summed E-state index contributed by atoms with van der Waals surface area (Å²) in [5, 5.41) is 0. The van der Waals surface area contributed by atoms with Gasteiger partial charge in [-0.2, -0.15) is 13.2 Å². The summed E-state index contributed by atoms with van der Waals surface area (Å²) in [7, 11) is 1.77. The monoisotopic (exact) mass is 546 g/mol. The Balaban J connectivity index is 1.27. The van der Waals surface area contributed by atoms with Crippen LogP contribution in [-0.4, -0.2) is 66.4 Å². The van der Waals surface area contributed by atoms with E-state index < -0.39 is 11.7 Å². The van der Waals surface area contributed by atoms with Crippen LogP contribution in [0.5, 0.6) is 0 Å². The smallest absolute Gasteiger partial charge is 0.359 e. The number of alkyl halides is 3. The second-order valence-electron chi connectivity index (χ2n) is 11.6. The third-order valence-corrected chi connectivity index (χ3v) is 8.67. The number of nitrogens with zero attached hydrogens (tertiary/aromatic N) is 4. The topological polar surface area (TPSA) is 56.8 Å². The van der Waals surface area contributed by atoms with E-state index in [-0.39, 0.29) is 40.8 Å². The van der Waals surface area contributed by atoms with Crippen LogP contribution in [0.1, 0.15) is 49.7 Å². The van der Waals surface area contributed by atoms with Gasteiger partial charge in [-0.3, -0.25) is 9.59 Å². The Morgan fingerprint density at radius 1 is 1.03 bits per heavy atom. The molecule has 39 heavy (non-hydrogen) atoms. The lowest BCUT2D eigenvalue weighted by Gasteiger charge is -2.34. The number of hydrogen-bond acceptors (Lipinski definition) is 4. The average Bonchev–Trinajstić information content (AvgIpc) is 3.54. The Kier molecular flexibility index (Phi) is 7.33. The highest BCUT2D eigenvalue weighted by atomic mass is 19.4. The number of benzene rings is 1. The van der Waals surface area contributed by atoms with Crippen LogP contribution < -0.4 is 4.90 Å². The van der Waals surface area contributed by atoms with Crippen molar-refractivity contribution >= 4 is 17.6 Å². The van der Waals surface area contributed by atoms with Crippen LogP contribution in [0, 0.1) is 23.1 Å². The number of amides is 2. The van der Waals surface area contributed by atoms with Crippen LogP contribution in [0.2, 0.25) is 0 Å². The second kappa shape index (κ2) is 10.4. The van der Waals surface area contributed by atoms with Gasteiger partial charge in [0.25, 0.3) is 0 Å². The highest BCUT2D eigenvalue weighted by Crippen LogP contribution is 2.47. The Morgan fingerprint density at radius 3 is 2.26 bits per heavy atom. The van der Waals surface area contributed by atoms with Crippen molar-refractivity contribution in [3.05, 3.63) is 59.5 Å². The normalized spacial score (nSPS) is 23.1. The summed E-state index contributed by atoms with van der Waals surface area (Å²) >= 11 is 0. The van der Waals surface area contributed by atoms with Crippen molar-refractivity contribution in [1.82, 2.24) is 14.8 Å². The molecule has 2 unspecified atom stereocenters. The Morgan fingerprint density at radius 2 is 1.69 bits per heavy atom. The van der Waals surface area contributed by atoms with Crippen LogP contribution in [0.25, 0.3) is 0 Å². The maximum absolute atomic E-state index is 13.6. The zero-order valence-corrected chi connectivity index (χ0v) is 22.3. The molecule has 2 aliphatic heterocycles. The standard InChI is InChI=1S/C29H34F4N4O2/c1-28(11-12-28)27(39)36-13-9-20(10-14-36)26(38)37-17-21(24(18-37)19-3-6-23(30)7-4-19)16-35(2)25-8-5-22(15-34-25)29(31,32)33/h3-8,15,20-21,24H,9-14,16-18H2,1-2H3. The van der Waals surface area contributed by atoms with Crippen molar-refractivity contribution in [2.75, 3.05) is 44.7 Å². The molecule has 1 saturated carbocycles. The molecule has 2 saturated heterocycles. The molecule has 3 fully saturated rings. The number of aromatic nitrogens is 1. The highest BCUT2D eigenvalue weighted by Gasteiger charge is 2.48. The van der Waals surface area contributed by atoms with Crippen molar-refractivity contribution in [2.24, 2.45) is 17.3 Å². The largest absolute Gasteiger partial charge is 0.417 e. The first kappa shape index (κ1) is 27.4. The molecule has 2 atom stereocenters. The number of carbonyl (C=O) groups is 2. The summed E-state index contributed by atoms with van der Waals surface area (Å²) in [6, 6.07) is 8.65. The quantitative estimate of drug-likeness (QED) is 0.481. The minimum absolute atomic E-state index is 0.0232. The number of anilines is 1. The fourth-order valence-corrected chi connectivity index (χ4v) is 5.92. The van der Waals surface area contributed by atoms with Crippen LogP contribution in [0.15, 0.2) is 42.6 Å². The van der Waals surface area contributed by atoms with Gasteiger partial charge in [0.05, 0.1) is 5.56 Å². The van der Waals surface area contributed by atoms with E-state index in [9.17, 15) is 27.2 Å². The summed E-state index contributed by atoms with van der Waals surface area (Å²) < 4.78 is 52.5. The van der Waals surface area contributed by atoms with Gasteiger partial charge in [-0.25, -0.2) is 9.37 Å². The number of halogens is 4. The molecule has 210 valence electrons. The minimum atomic E-state index is -4.45. The first-order valence-corrected chi connectivity index (χ1v) is 13.5. The number of rotatable bonds is 6. The lowest BCUT2D eigenvalue weighted by Crippen LogP contribution is -2.46. The van der Waals surface area contributed by atoms with Crippen molar-refractivity contribution in [1.29, 1.82) is 0 Å². The van der Waals surface area contributed by atoms with Crippen molar-refractivity contribution < 1.29 is 27.2 Å². The van der Waals surface area contributed by atoms with Gasteiger partial charge in [0, 0.05) is 69.1 Å². The average molecular weight is 547 g/mol. The van der Waals surface area contributed by atoms with Crippen molar-refractivity contribution in [2.45, 2.75) is 44.7 Å². The molecule has 1 aliphatic carbocycles. The fraction of sp³-hybridized carbons (Fsp3) is 0.552. The molecule has 10 heteroatoms. The van der Waals surface area contributed by atoms with E-state index in [1.54, 1.807) is 24.1 Å². The molecule has 0 bridgehead atoms. The SMILES string of the molecule is CN(CC1CN(C(=O)C2CCN(C(=O)C3(C)CC3)CC2)CC1c1ccc(F)cc1)c1ccc(C(F)(F)F)cn1. The van der Waals surface area contributed by atoms with Crippen LogP contribution in [0.3, 0.4) is 0 Å². The van der Waals surface area contributed by atoms with E-state index in [1.165, 1.54) is 18.2 Å². The number of hydrogen-bond donors (Lipinski definition) is 0. The summed E-state index contributed by atoms with van der Waals surface area (Å²) in [4.78, 5) is 35.9. The van der Waals surface area contributed by atoms with Gasteiger partial charge >= 0.3 is 6.18 Å². The minimum Gasteiger partial charge on any atom is -0.359 e. The molecule has 0 N–H and O–H groups in total. The summed E-state index contributed by atoms with van der Waals surface area (Å²) in [5.74, 6) is 0.118. The van der Waals surface area contributed by atoms with E-state index >= 15 is 0 Å². The van der Waals surface area contributed by atoms with E-state index in [2.05, 4.69) is 4.98 Å². The highest BCUT2D eigenvalue weighted by molar-refractivity contribution is 5.85. The molecule has 6 nitrogen and oxygen atoms in total. The van der Waals surface area contributed by atoms with Gasteiger partial charge in [0.15, 0.2) is 0 Å². The number of carbonyl (C=O) groups excluding carboxylic acids is 2. The van der Waals surface area contributed by atoms with Crippen LogP contribution in [0.4, 0.5) is 23.4 Å². The van der Waals surface area contributed by atoms with Crippen molar-refractivity contribution in [3.63, 3.8) is 0 Å². The summed E-state index contributed by atoms with van der Waals surface area (Å²) in [6.45, 7) is 4.63. The Hall–Kier alpha value is -3.17. The van der Waals surface area contributed by atoms with Gasteiger partial charge < -0.3 is 14.7 Å². The number of piperidine rings is 1. The van der Waals surface area contributed by atoms with Gasteiger partial charge in [-0.05, 0) is 55.5 Å². The maximum atomic E-state index is 13.6. The molecule has 2 aromatic rings. The molecule has 0 radical (unpaired) electrons. The Bertz CT molecular complexity index is 1190. The van der Waals surface area contributed by atoms with E-state index in [0.717, 1.165) is 30.7 Å². The maximum Gasteiger partial charge on any atom is 0.417 e. The van der Waals surface area contributed by atoms with Gasteiger partial charge in [-0.15, -0.1) is 0 Å². The summed E-state index contributed by atoms with van der Waals surface area (Å²) in [6.07, 6.45) is -0.489. The predicted octanol–water partition coefficient (Wildman–Crippen LogP) is 4.96. The van der Waals surface area contributed by atoms with E-state index in [0.29, 0.717) is 51.4 Å². The van der Waals surface area contributed by atoms with Gasteiger partial charge in [0.2, 0.25) is 11.8 Å². The lowest BCUT2D eigenvalue weighted by molar-refractivity contribution is -0.142. The molecule has 3 aliphatic rings. The zero-order valence-electron chi connectivity index (χ0n) is 22.3. The zero-order chi connectivity index (χ0) is 27.9. The molecule has 2 amide bonds. The third-order valence-electron chi connectivity index (χ3n) is 8.67. The Labute approximate surface area is 226 Å². The summed E-state index contributed by atoms with van der Waals surface area (Å²) in [5.41, 5.74) is -0.0981. The molecule has 1 aromatic carbocycles. The van der Waals surface area contributed by atoms with Crippen molar-refractivity contribution in [3.8, 4) is 0 Å². The number of likely N-dealkylation sites (tertiary alicyclic amines) is 2. The molecular formula is C29H34F4N4O2. The first-order valence-electron chi connectivity index (χ1n) is 13.5. The van der Waals surface area contributed by atoms with Gasteiger partial charge in [0.1, 0.15) is 11.6 Å². The molecular weight excluding hydrogens is 512 g/mol. The molecule has 3 heterocycles. The second-order valence-corrected chi connectivity index (χ2v) is 11.6. The molecule has 1 aromatic heterocycles. The third kappa shape index (κ3) is 5.89. The van der Waals surface area contributed by atoms with Crippen LogP contribution >= 0.6 is 0 Å². The van der Waals surface area contributed by atoms with Gasteiger partial charge in [-0.1, -0.05) is 19.1 Å². The number of pyridine rings is 1.